The number of nitrogens with zero attached hydrogens (tertiary/aromatic N) is 4. The molecule has 1 saturated carbocycles. The molecule has 38 heavy (non-hydrogen) atoms. The summed E-state index contributed by atoms with van der Waals surface area (Å²) in [6, 6.07) is 16.7. The number of aromatic nitrogens is 1. The number of hydrogen-bond acceptors (Lipinski definition) is 6. The molecule has 1 unspecified atom stereocenters. The number of alkyl halides is 3. The predicted molar refractivity (Wildman–Crippen MR) is 142 cm³/mol. The van der Waals surface area contributed by atoms with Crippen LogP contribution in [0, 0.1) is 0 Å². The molecule has 10 heteroatoms. The molecule has 194 valence electrons. The number of carbonyl (C=O) groups is 1. The zero-order valence-electron chi connectivity index (χ0n) is 20.5. The van der Waals surface area contributed by atoms with E-state index >= 15 is 0 Å². The van der Waals surface area contributed by atoms with Gasteiger partial charge in [-0.05, 0) is 61.2 Å². The van der Waals surface area contributed by atoms with Crippen LogP contribution in [0.5, 0.6) is 0 Å². The molecule has 1 atom stereocenters. The minimum atomic E-state index is -4.69. The van der Waals surface area contributed by atoms with Gasteiger partial charge in [-0.25, -0.2) is 4.99 Å². The smallest absolute Gasteiger partial charge is 0.333 e. The predicted octanol–water partition coefficient (Wildman–Crippen LogP) is 5.80. The third kappa shape index (κ3) is 5.59. The van der Waals surface area contributed by atoms with Crippen molar-refractivity contribution in [3.8, 4) is 0 Å². The quantitative estimate of drug-likeness (QED) is 0.235. The Morgan fingerprint density at radius 2 is 1.97 bits per heavy atom. The number of benzene rings is 2. The van der Waals surface area contributed by atoms with E-state index < -0.39 is 23.5 Å². The minimum absolute atomic E-state index is 0.181. The zero-order chi connectivity index (χ0) is 26.9. The third-order valence-electron chi connectivity index (χ3n) is 6.32. The Labute approximate surface area is 217 Å². The van der Waals surface area contributed by atoms with Crippen LogP contribution in [-0.4, -0.2) is 40.1 Å². The van der Waals surface area contributed by atoms with Gasteiger partial charge in [-0.1, -0.05) is 36.9 Å². The van der Waals surface area contributed by atoms with Gasteiger partial charge in [0.05, 0.1) is 5.52 Å². The topological polar surface area (TPSA) is 82.0 Å². The first-order chi connectivity index (χ1) is 18.2. The van der Waals surface area contributed by atoms with E-state index in [1.54, 1.807) is 30.7 Å². The highest BCUT2D eigenvalue weighted by Gasteiger charge is 2.35. The number of anilines is 1. The van der Waals surface area contributed by atoms with Crippen molar-refractivity contribution in [1.82, 2.24) is 15.3 Å². The number of aliphatic imine (C=N–C) groups is 1. The number of pyridine rings is 1. The molecule has 2 aliphatic rings. The zero-order valence-corrected chi connectivity index (χ0v) is 20.5. The molecule has 3 aromatic rings. The molecule has 1 fully saturated rings. The van der Waals surface area contributed by atoms with E-state index in [0.717, 1.165) is 36.2 Å². The minimum Gasteiger partial charge on any atom is -0.333 e. The molecule has 5 rings (SSSR count). The van der Waals surface area contributed by atoms with Crippen LogP contribution in [0.3, 0.4) is 0 Å². The van der Waals surface area contributed by atoms with Gasteiger partial charge in [0.1, 0.15) is 23.9 Å². The number of fused-ring (bicyclic) bond motifs is 1. The van der Waals surface area contributed by atoms with Crippen molar-refractivity contribution in [3.63, 3.8) is 0 Å². The maximum atomic E-state index is 13.3. The molecule has 1 aliphatic heterocycles. The largest absolute Gasteiger partial charge is 0.429 e. The maximum absolute atomic E-state index is 13.3. The first-order valence-electron chi connectivity index (χ1n) is 12.0. The van der Waals surface area contributed by atoms with E-state index in [-0.39, 0.29) is 6.17 Å². The summed E-state index contributed by atoms with van der Waals surface area (Å²) >= 11 is 0. The molecule has 2 aromatic carbocycles. The summed E-state index contributed by atoms with van der Waals surface area (Å²) in [5.74, 6) is -0.796. The van der Waals surface area contributed by atoms with Crippen LogP contribution in [0.15, 0.2) is 89.2 Å². The molecular weight excluding hydrogens is 493 g/mol. The molecule has 0 spiro atoms. The number of para-hydroxylation sites is 1. The molecule has 1 amide bonds. The summed E-state index contributed by atoms with van der Waals surface area (Å²) in [5.41, 5.74) is 4.38. The second kappa shape index (κ2) is 10.1. The van der Waals surface area contributed by atoms with Crippen molar-refractivity contribution in [1.29, 1.82) is 0 Å². The molecule has 2 heterocycles. The first-order valence-corrected chi connectivity index (χ1v) is 12.0. The molecule has 0 radical (unpaired) electrons. The Hall–Kier alpha value is -4.47. The molecule has 1 aliphatic carbocycles. The van der Waals surface area contributed by atoms with Gasteiger partial charge in [0.25, 0.3) is 5.91 Å². The molecule has 1 aromatic heterocycles. The Bertz CT molecular complexity index is 1490. The molecule has 7 nitrogen and oxygen atoms in total. The Balaban J connectivity index is 1.42. The second-order valence-electron chi connectivity index (χ2n) is 9.20. The molecule has 2 N–H and O–H groups in total. The number of allylic oxidation sites excluding steroid dienone is 2. The van der Waals surface area contributed by atoms with E-state index in [4.69, 9.17) is 0 Å². The van der Waals surface area contributed by atoms with Crippen molar-refractivity contribution < 1.29 is 18.0 Å². The molecule has 0 bridgehead atoms. The lowest BCUT2D eigenvalue weighted by Gasteiger charge is -2.24. The van der Waals surface area contributed by atoms with Crippen LogP contribution in [0.4, 0.5) is 18.9 Å². The lowest BCUT2D eigenvalue weighted by molar-refractivity contribution is -0.112. The number of nitrogens with one attached hydrogen (secondary N) is 2. The summed E-state index contributed by atoms with van der Waals surface area (Å²) in [4.78, 5) is 23.3. The standard InChI is InChI=1S/C28H25F3N6O/c1-17(21-13-19-6-3-4-9-24(19)32-15-21)12-25(34-18(2)28(29,30)31)27(38)35-22-8-5-7-20(14-22)26-36-33-16-37(26)23-10-11-23/h3-9,12-16,23,26,36H,1,10-11H2,2H3,(H,35,38)/b25-12-,34-18?. The van der Waals surface area contributed by atoms with Gasteiger partial charge in [0.15, 0.2) is 0 Å². The number of rotatable bonds is 7. The van der Waals surface area contributed by atoms with E-state index in [2.05, 4.69) is 37.3 Å². The third-order valence-corrected chi connectivity index (χ3v) is 6.32. The lowest BCUT2D eigenvalue weighted by atomic mass is 10.1. The molecule has 0 saturated heterocycles. The Morgan fingerprint density at radius 3 is 2.74 bits per heavy atom. The first kappa shape index (κ1) is 25.2. The van der Waals surface area contributed by atoms with Gasteiger partial charge >= 0.3 is 6.18 Å². The lowest BCUT2D eigenvalue weighted by Crippen LogP contribution is -2.30. The van der Waals surface area contributed by atoms with Gasteiger partial charge in [0.2, 0.25) is 0 Å². The number of hydrazone groups is 1. The van der Waals surface area contributed by atoms with E-state index in [9.17, 15) is 18.0 Å². The van der Waals surface area contributed by atoms with Crippen LogP contribution in [0.1, 0.15) is 37.1 Å². The van der Waals surface area contributed by atoms with Gasteiger partial charge in [-0.15, -0.1) is 0 Å². The fraction of sp³-hybridized carbons (Fsp3) is 0.214. The summed E-state index contributed by atoms with van der Waals surface area (Å²) in [7, 11) is 0. The number of carbonyl (C=O) groups excluding carboxylic acids is 1. The number of hydrogen-bond donors (Lipinski definition) is 2. The Kier molecular flexibility index (Phi) is 6.71. The number of amides is 1. The SMILES string of the molecule is C=C(/C=C(\N=C(C)C(F)(F)F)C(=O)Nc1cccc(C2NN=CN2C2CC2)c1)c1cnc2ccccc2c1. The molecular formula is C28H25F3N6O. The van der Waals surface area contributed by atoms with E-state index in [1.165, 1.54) is 6.08 Å². The van der Waals surface area contributed by atoms with Crippen LogP contribution in [0.2, 0.25) is 0 Å². The second-order valence-corrected chi connectivity index (χ2v) is 9.20. The average Bonchev–Trinajstić information content (AvgIpc) is 3.63. The van der Waals surface area contributed by atoms with Gasteiger partial charge in [-0.3, -0.25) is 15.2 Å². The van der Waals surface area contributed by atoms with Crippen molar-refractivity contribution in [3.05, 3.63) is 90.3 Å². The summed E-state index contributed by atoms with van der Waals surface area (Å²) in [5, 5.41) is 7.67. The highest BCUT2D eigenvalue weighted by atomic mass is 19.4. The highest BCUT2D eigenvalue weighted by Crippen LogP contribution is 2.34. The van der Waals surface area contributed by atoms with Crippen molar-refractivity contribution in [2.45, 2.75) is 38.1 Å². The van der Waals surface area contributed by atoms with Crippen molar-refractivity contribution in [2.24, 2.45) is 10.1 Å². The highest BCUT2D eigenvalue weighted by molar-refractivity contribution is 6.07. The summed E-state index contributed by atoms with van der Waals surface area (Å²) in [6.07, 6.45) is 1.86. The van der Waals surface area contributed by atoms with Crippen LogP contribution in [0.25, 0.3) is 16.5 Å². The normalized spacial score (nSPS) is 18.0. The fourth-order valence-corrected chi connectivity index (χ4v) is 4.10. The number of halogens is 3. The van der Waals surface area contributed by atoms with Crippen LogP contribution in [-0.2, 0) is 4.79 Å². The van der Waals surface area contributed by atoms with Gasteiger partial charge in [-0.2, -0.15) is 18.3 Å². The summed E-state index contributed by atoms with van der Waals surface area (Å²) in [6.45, 7) is 4.77. The van der Waals surface area contributed by atoms with Crippen LogP contribution >= 0.6 is 0 Å². The summed E-state index contributed by atoms with van der Waals surface area (Å²) < 4.78 is 40.0. The van der Waals surface area contributed by atoms with Gasteiger partial charge < -0.3 is 10.2 Å². The average molecular weight is 519 g/mol. The van der Waals surface area contributed by atoms with Crippen molar-refractivity contribution >= 4 is 40.1 Å². The maximum Gasteiger partial charge on any atom is 0.429 e. The Morgan fingerprint density at radius 1 is 1.18 bits per heavy atom. The van der Waals surface area contributed by atoms with Crippen LogP contribution < -0.4 is 10.7 Å². The van der Waals surface area contributed by atoms with Gasteiger partial charge in [0, 0.05) is 28.9 Å². The monoisotopic (exact) mass is 518 g/mol. The van der Waals surface area contributed by atoms with E-state index in [0.29, 0.717) is 22.9 Å². The van der Waals surface area contributed by atoms with E-state index in [1.807, 2.05) is 36.4 Å². The van der Waals surface area contributed by atoms with Crippen molar-refractivity contribution in [2.75, 3.05) is 5.32 Å². The fourth-order valence-electron chi connectivity index (χ4n) is 4.10.